The van der Waals surface area contributed by atoms with Gasteiger partial charge in [-0.25, -0.2) is 0 Å². The third-order valence-electron chi connectivity index (χ3n) is 0. The molecule has 4 nitrogen and oxygen atoms in total. The zero-order valence-electron chi connectivity index (χ0n) is 2.70. The van der Waals surface area contributed by atoms with E-state index in [-0.39, 0.29) is 59.8 Å². The molecule has 0 aliphatic carbocycles. The zero-order valence-corrected chi connectivity index (χ0v) is 3.70. The van der Waals surface area contributed by atoms with Gasteiger partial charge >= 0.3 is 46.8 Å². The van der Waals surface area contributed by atoms with Gasteiger partial charge in [0.05, 0.1) is 0 Å². The molecule has 0 aromatic rings. The van der Waals surface area contributed by atoms with Crippen molar-refractivity contribution in [1.82, 2.24) is 0 Å². The molecule has 8 heavy (non-hydrogen) atoms. The fraction of sp³-hybridized carbons (Fsp3) is 0. The molecule has 4 N–H and O–H groups in total. The molecule has 0 fully saturated rings. The maximum absolute atomic E-state index is 7.33. The van der Waals surface area contributed by atoms with Gasteiger partial charge in [0.1, 0.15) is 0 Å². The molecule has 0 atom stereocenters. The van der Waals surface area contributed by atoms with Gasteiger partial charge in [-0.2, -0.15) is 0 Å². The Morgan fingerprint density at radius 2 is 0.875 bits per heavy atom. The molecule has 0 aromatic heterocycles. The Labute approximate surface area is 87.1 Å². The van der Waals surface area contributed by atoms with Crippen molar-refractivity contribution in [3.8, 4) is 0 Å². The molecule has 50 valence electrons. The molecular weight excluding hydrogens is 178 g/mol. The molecule has 0 bridgehead atoms. The van der Waals surface area contributed by atoms with Crippen LogP contribution < -0.4 is 0 Å². The van der Waals surface area contributed by atoms with Crippen molar-refractivity contribution in [2.45, 2.75) is 0 Å². The van der Waals surface area contributed by atoms with Crippen LogP contribution >= 0.6 is 0 Å². The van der Waals surface area contributed by atoms with Gasteiger partial charge in [-0.3, -0.25) is 4.70 Å². The molecule has 0 aromatic carbocycles. The summed E-state index contributed by atoms with van der Waals surface area (Å²) in [6, 6.07) is 0. The Bertz CT molecular complexity index is 31.5. The summed E-state index contributed by atoms with van der Waals surface area (Å²) in [5.41, 5.74) is 0. The van der Waals surface area contributed by atoms with Gasteiger partial charge in [0.2, 0.25) is 0 Å². The predicted octanol–water partition coefficient (Wildman–Crippen LogP) is -4.56. The summed E-state index contributed by atoms with van der Waals surface area (Å²) >= 11 is 0. The SMILES string of the molecule is F.O[Si](O)(O)O.[AlH3].[CaH2]. The van der Waals surface area contributed by atoms with Gasteiger partial charge in [-0.05, 0) is 0 Å². The first-order valence-electron chi connectivity index (χ1n) is 0.894. The second-order valence-electron chi connectivity index (χ2n) is 0.600. The van der Waals surface area contributed by atoms with E-state index in [2.05, 4.69) is 0 Å². The fourth-order valence-corrected chi connectivity index (χ4v) is 0. The Morgan fingerprint density at radius 1 is 0.875 bits per heavy atom. The van der Waals surface area contributed by atoms with Crippen LogP contribution in [0.4, 0.5) is 4.70 Å². The molecule has 0 heterocycles. The molecule has 0 spiro atoms. The number of halogens is 1. The molecule has 0 aliphatic heterocycles. The normalized spacial score (nSPS) is 7.50. The molecule has 0 saturated carbocycles. The topological polar surface area (TPSA) is 80.9 Å². The van der Waals surface area contributed by atoms with Gasteiger partial charge in [0, 0.05) is 0 Å². The standard InChI is InChI=1S/Al.Ca.FH.H4O4Si.5H/c;;;1-5(2,3)4;;;;;/h;;1H;1-4H;;;;;. The quantitative estimate of drug-likeness (QED) is 0.289. The summed E-state index contributed by atoms with van der Waals surface area (Å²) in [6.45, 7) is 0. The summed E-state index contributed by atoms with van der Waals surface area (Å²) in [5, 5.41) is 0. The van der Waals surface area contributed by atoms with Crippen molar-refractivity contribution in [1.29, 1.82) is 0 Å². The number of hydrogen-bond acceptors (Lipinski definition) is 4. The zero-order chi connectivity index (χ0) is 4.50. The van der Waals surface area contributed by atoms with E-state index in [1.165, 1.54) is 0 Å². The van der Waals surface area contributed by atoms with E-state index in [1.807, 2.05) is 0 Å². The van der Waals surface area contributed by atoms with Gasteiger partial charge in [0.25, 0.3) is 0 Å². The minimum atomic E-state index is -4.61. The number of rotatable bonds is 0. The Morgan fingerprint density at radius 3 is 0.875 bits per heavy atom. The third kappa shape index (κ3) is 113. The molecular formula is H10AlCaFO4Si. The summed E-state index contributed by atoms with van der Waals surface area (Å²) < 4.78 is 0. The monoisotopic (exact) mass is 188 g/mol. The van der Waals surface area contributed by atoms with E-state index in [4.69, 9.17) is 19.2 Å². The second-order valence-corrected chi connectivity index (χ2v) is 1.80. The van der Waals surface area contributed by atoms with Crippen molar-refractivity contribution >= 4 is 64.1 Å². The van der Waals surface area contributed by atoms with Crippen LogP contribution in [0, 0.1) is 0 Å². The summed E-state index contributed by atoms with van der Waals surface area (Å²) in [4.78, 5) is 29.3. The maximum atomic E-state index is 7.33. The van der Waals surface area contributed by atoms with E-state index in [1.54, 1.807) is 0 Å². The van der Waals surface area contributed by atoms with E-state index in [0.29, 0.717) is 0 Å². The van der Waals surface area contributed by atoms with E-state index < -0.39 is 9.05 Å². The van der Waals surface area contributed by atoms with Crippen molar-refractivity contribution in [3.05, 3.63) is 0 Å². The molecule has 0 unspecified atom stereocenters. The molecule has 0 amide bonds. The van der Waals surface area contributed by atoms with E-state index >= 15 is 0 Å². The van der Waals surface area contributed by atoms with Crippen molar-refractivity contribution in [3.63, 3.8) is 0 Å². The molecule has 0 rings (SSSR count). The van der Waals surface area contributed by atoms with Crippen molar-refractivity contribution < 1.29 is 23.9 Å². The fourth-order valence-electron chi connectivity index (χ4n) is 0. The average molecular weight is 188 g/mol. The van der Waals surface area contributed by atoms with Crippen LogP contribution in [0.1, 0.15) is 0 Å². The molecule has 0 aliphatic rings. The van der Waals surface area contributed by atoms with Crippen LogP contribution in [0.15, 0.2) is 0 Å². The molecule has 0 saturated heterocycles. The van der Waals surface area contributed by atoms with Crippen LogP contribution in [-0.2, 0) is 0 Å². The van der Waals surface area contributed by atoms with Crippen molar-refractivity contribution in [2.75, 3.05) is 0 Å². The van der Waals surface area contributed by atoms with Crippen LogP contribution in [0.3, 0.4) is 0 Å². The first-order valence-corrected chi connectivity index (χ1v) is 2.68. The van der Waals surface area contributed by atoms with Crippen LogP contribution in [0.25, 0.3) is 0 Å². The summed E-state index contributed by atoms with van der Waals surface area (Å²) in [7, 11) is -4.61. The minimum absolute atomic E-state index is 0. The van der Waals surface area contributed by atoms with Crippen molar-refractivity contribution in [2.24, 2.45) is 0 Å². The van der Waals surface area contributed by atoms with Gasteiger partial charge in [-0.1, -0.05) is 0 Å². The van der Waals surface area contributed by atoms with Crippen LogP contribution in [-0.4, -0.2) is 83.3 Å². The second kappa shape index (κ2) is 8.78. The van der Waals surface area contributed by atoms with Gasteiger partial charge in [-0.15, -0.1) is 0 Å². The molecule has 8 heteroatoms. The Hall–Kier alpha value is 1.78. The third-order valence-corrected chi connectivity index (χ3v) is 0. The van der Waals surface area contributed by atoms with E-state index in [9.17, 15) is 0 Å². The molecule has 0 radical (unpaired) electrons. The van der Waals surface area contributed by atoms with E-state index in [0.717, 1.165) is 0 Å². The van der Waals surface area contributed by atoms with Gasteiger partial charge < -0.3 is 19.2 Å². The summed E-state index contributed by atoms with van der Waals surface area (Å²) in [5.74, 6) is 0. The Balaban J connectivity index is -0.0000000267. The average Bonchev–Trinajstić information content (AvgIpc) is 0.722. The number of hydrogen-bond donors (Lipinski definition) is 4. The predicted molar refractivity (Wildman–Crippen MR) is 35.6 cm³/mol. The Kier molecular flexibility index (Phi) is 24.8. The summed E-state index contributed by atoms with van der Waals surface area (Å²) in [6.07, 6.45) is 0. The first kappa shape index (κ1) is 22.6. The van der Waals surface area contributed by atoms with Crippen LogP contribution in [0.2, 0.25) is 0 Å². The first-order chi connectivity index (χ1) is 2.00. The van der Waals surface area contributed by atoms with Crippen LogP contribution in [0.5, 0.6) is 0 Å². The van der Waals surface area contributed by atoms with Gasteiger partial charge in [0.15, 0.2) is 17.4 Å².